The molecule has 0 bridgehead atoms. The van der Waals surface area contributed by atoms with E-state index in [0.717, 1.165) is 25.7 Å². The first-order valence-corrected chi connectivity index (χ1v) is 11.3. The van der Waals surface area contributed by atoms with Gasteiger partial charge < -0.3 is 14.6 Å². The van der Waals surface area contributed by atoms with Gasteiger partial charge in [-0.2, -0.15) is 0 Å². The van der Waals surface area contributed by atoms with Crippen LogP contribution in [0.4, 0.5) is 0 Å². The molecule has 0 aromatic heterocycles. The van der Waals surface area contributed by atoms with Crippen molar-refractivity contribution >= 4 is 17.5 Å². The van der Waals surface area contributed by atoms with Gasteiger partial charge in [0, 0.05) is 24.2 Å². The number of ether oxygens (including phenoxy) is 2. The minimum atomic E-state index is -1.52. The first-order chi connectivity index (χ1) is 14.0. The molecule has 6 nitrogen and oxygen atoms in total. The van der Waals surface area contributed by atoms with E-state index in [1.807, 2.05) is 19.9 Å². The van der Waals surface area contributed by atoms with Crippen molar-refractivity contribution in [1.82, 2.24) is 0 Å². The quantitative estimate of drug-likeness (QED) is 0.562. The Labute approximate surface area is 177 Å². The maximum Gasteiger partial charge on any atom is 0.303 e. The third-order valence-corrected chi connectivity index (χ3v) is 9.75. The van der Waals surface area contributed by atoms with Gasteiger partial charge in [-0.1, -0.05) is 26.3 Å². The van der Waals surface area contributed by atoms with Crippen LogP contribution in [0.3, 0.4) is 0 Å². The highest BCUT2D eigenvalue weighted by molar-refractivity contribution is 5.92. The highest BCUT2D eigenvalue weighted by Gasteiger charge is 2.82. The number of Topliss-reactive ketones (excluding diaryl/α,β-unsaturated/α-hetero) is 1. The number of fused-ring (bicyclic) bond motifs is 3. The van der Waals surface area contributed by atoms with Crippen LogP contribution >= 0.6 is 0 Å². The molecule has 1 saturated heterocycles. The normalized spacial score (nSPS) is 51.1. The highest BCUT2D eigenvalue weighted by atomic mass is 16.6. The second kappa shape index (κ2) is 6.04. The number of hydrogen-bond donors (Lipinski definition) is 1. The Kier molecular flexibility index (Phi) is 4.10. The van der Waals surface area contributed by atoms with E-state index in [-0.39, 0.29) is 47.3 Å². The Hall–Kier alpha value is -1.53. The molecular weight excluding hydrogens is 384 g/mol. The second-order valence-electron chi connectivity index (χ2n) is 10.8. The van der Waals surface area contributed by atoms with Crippen molar-refractivity contribution in [2.75, 3.05) is 6.61 Å². The van der Waals surface area contributed by atoms with Crippen LogP contribution in [0.25, 0.3) is 0 Å². The van der Waals surface area contributed by atoms with E-state index in [0.29, 0.717) is 12.8 Å². The van der Waals surface area contributed by atoms with Gasteiger partial charge in [0.1, 0.15) is 11.2 Å². The molecule has 1 spiro atoms. The molecule has 1 N–H and O–H groups in total. The molecule has 3 saturated carbocycles. The Morgan fingerprint density at radius 3 is 2.70 bits per heavy atom. The number of esters is 1. The van der Waals surface area contributed by atoms with Crippen LogP contribution in [-0.2, 0) is 23.9 Å². The lowest BCUT2D eigenvalue weighted by Gasteiger charge is -2.56. The van der Waals surface area contributed by atoms with Crippen molar-refractivity contribution < 1.29 is 29.0 Å². The van der Waals surface area contributed by atoms with Crippen LogP contribution in [0.2, 0.25) is 0 Å². The predicted molar refractivity (Wildman–Crippen MR) is 107 cm³/mol. The van der Waals surface area contributed by atoms with Crippen LogP contribution in [0.1, 0.15) is 66.2 Å². The zero-order chi connectivity index (χ0) is 21.7. The summed E-state index contributed by atoms with van der Waals surface area (Å²) in [6.07, 6.45) is 6.42. The van der Waals surface area contributed by atoms with Gasteiger partial charge in [-0.05, 0) is 55.9 Å². The van der Waals surface area contributed by atoms with Gasteiger partial charge in [0.15, 0.2) is 12.4 Å². The van der Waals surface area contributed by atoms with Crippen molar-refractivity contribution in [1.29, 1.82) is 0 Å². The summed E-state index contributed by atoms with van der Waals surface area (Å²) in [5.74, 6) is -0.478. The first-order valence-electron chi connectivity index (χ1n) is 11.3. The lowest BCUT2D eigenvalue weighted by Crippen LogP contribution is -2.62. The third-order valence-electron chi connectivity index (χ3n) is 9.75. The summed E-state index contributed by atoms with van der Waals surface area (Å²) in [6.45, 7) is 7.14. The third kappa shape index (κ3) is 2.19. The molecule has 0 aromatic carbocycles. The topological polar surface area (TPSA) is 93.2 Å². The SMILES string of the molecule is CC(=O)OCC(=O)[C@@]1(O)[C@@H](C)C[C@H]2[C@@H]3CCC4=CC(=O)CC[C@]4(C)C34OC4C[C@@]21C. The van der Waals surface area contributed by atoms with Crippen LogP contribution in [0, 0.1) is 28.6 Å². The molecule has 0 amide bonds. The van der Waals surface area contributed by atoms with Gasteiger partial charge in [0.25, 0.3) is 0 Å². The standard InChI is InChI=1S/C24H32O6/c1-13-9-18-17-6-5-15-10-16(26)7-8-21(15,3)24(17)20(30-24)11-22(18,4)23(13,28)19(27)12-29-14(2)25/h10,13,17-18,20,28H,5-9,11-12H2,1-4H3/t13-,17-,18-,20?,21-,22-,23-,24?/m0/s1. The summed E-state index contributed by atoms with van der Waals surface area (Å²) in [6, 6.07) is 0. The van der Waals surface area contributed by atoms with Gasteiger partial charge in [0.2, 0.25) is 5.78 Å². The summed E-state index contributed by atoms with van der Waals surface area (Å²) in [5.41, 5.74) is -1.31. The summed E-state index contributed by atoms with van der Waals surface area (Å²) >= 11 is 0. The largest absolute Gasteiger partial charge is 0.458 e. The van der Waals surface area contributed by atoms with E-state index in [4.69, 9.17) is 9.47 Å². The first kappa shape index (κ1) is 20.4. The van der Waals surface area contributed by atoms with Crippen molar-refractivity contribution in [3.63, 3.8) is 0 Å². The molecule has 5 rings (SSSR count). The Bertz CT molecular complexity index is 877. The van der Waals surface area contributed by atoms with E-state index in [9.17, 15) is 19.5 Å². The number of ketones is 2. The Morgan fingerprint density at radius 1 is 1.27 bits per heavy atom. The molecule has 8 atom stereocenters. The zero-order valence-electron chi connectivity index (χ0n) is 18.3. The molecule has 30 heavy (non-hydrogen) atoms. The summed E-state index contributed by atoms with van der Waals surface area (Å²) in [5, 5.41) is 11.8. The minimum Gasteiger partial charge on any atom is -0.458 e. The average Bonchev–Trinajstić information content (AvgIpc) is 3.36. The summed E-state index contributed by atoms with van der Waals surface area (Å²) in [4.78, 5) is 36.4. The van der Waals surface area contributed by atoms with Gasteiger partial charge in [-0.3, -0.25) is 14.4 Å². The average molecular weight is 417 g/mol. The van der Waals surface area contributed by atoms with E-state index < -0.39 is 22.8 Å². The number of carbonyl (C=O) groups excluding carboxylic acids is 3. The zero-order valence-corrected chi connectivity index (χ0v) is 18.3. The van der Waals surface area contributed by atoms with E-state index in [1.54, 1.807) is 0 Å². The minimum absolute atomic E-state index is 0.0102. The van der Waals surface area contributed by atoms with Crippen LogP contribution in [-0.4, -0.2) is 46.6 Å². The number of carbonyl (C=O) groups is 3. The highest BCUT2D eigenvalue weighted by Crippen LogP contribution is 2.76. The fourth-order valence-electron chi connectivity index (χ4n) is 8.22. The fourth-order valence-corrected chi connectivity index (χ4v) is 8.22. The van der Waals surface area contributed by atoms with Crippen LogP contribution < -0.4 is 0 Å². The van der Waals surface area contributed by atoms with Gasteiger partial charge in [-0.25, -0.2) is 0 Å². The smallest absolute Gasteiger partial charge is 0.303 e. The lowest BCUT2D eigenvalue weighted by molar-refractivity contribution is -0.171. The second-order valence-corrected chi connectivity index (χ2v) is 10.8. The molecule has 0 aromatic rings. The number of hydrogen-bond acceptors (Lipinski definition) is 6. The van der Waals surface area contributed by atoms with Crippen LogP contribution in [0.15, 0.2) is 11.6 Å². The van der Waals surface area contributed by atoms with E-state index in [2.05, 4.69) is 6.92 Å². The molecule has 4 aliphatic carbocycles. The molecule has 1 heterocycles. The van der Waals surface area contributed by atoms with Crippen molar-refractivity contribution in [3.8, 4) is 0 Å². The van der Waals surface area contributed by atoms with Crippen LogP contribution in [0.5, 0.6) is 0 Å². The molecule has 6 heteroatoms. The molecule has 2 unspecified atom stereocenters. The fraction of sp³-hybridized carbons (Fsp3) is 0.792. The van der Waals surface area contributed by atoms with Gasteiger partial charge in [0.05, 0.1) is 6.10 Å². The molecule has 0 radical (unpaired) electrons. The lowest BCUT2D eigenvalue weighted by atomic mass is 9.46. The summed E-state index contributed by atoms with van der Waals surface area (Å²) < 4.78 is 11.5. The Morgan fingerprint density at radius 2 is 2.00 bits per heavy atom. The van der Waals surface area contributed by atoms with Crippen molar-refractivity contribution in [3.05, 3.63) is 11.6 Å². The number of aliphatic hydroxyl groups is 1. The molecular formula is C24H32O6. The van der Waals surface area contributed by atoms with Gasteiger partial charge in [-0.15, -0.1) is 0 Å². The molecule has 164 valence electrons. The molecule has 4 fully saturated rings. The van der Waals surface area contributed by atoms with Gasteiger partial charge >= 0.3 is 5.97 Å². The monoisotopic (exact) mass is 416 g/mol. The summed E-state index contributed by atoms with van der Waals surface area (Å²) in [7, 11) is 0. The molecule has 1 aliphatic heterocycles. The van der Waals surface area contributed by atoms with Crippen molar-refractivity contribution in [2.24, 2.45) is 28.6 Å². The van der Waals surface area contributed by atoms with E-state index >= 15 is 0 Å². The van der Waals surface area contributed by atoms with Crippen molar-refractivity contribution in [2.45, 2.75) is 83.5 Å². The number of rotatable bonds is 3. The number of epoxide rings is 1. The maximum atomic E-state index is 13.1. The maximum absolute atomic E-state index is 13.1. The Balaban J connectivity index is 1.51. The molecule has 5 aliphatic rings. The van der Waals surface area contributed by atoms with E-state index in [1.165, 1.54) is 12.5 Å². The predicted octanol–water partition coefficient (Wildman–Crippen LogP) is 2.76.